The van der Waals surface area contributed by atoms with Gasteiger partial charge in [0.05, 0.1) is 24.1 Å². The third-order valence-corrected chi connectivity index (χ3v) is 8.57. The number of phenolic OH excluding ortho intramolecular Hbond substituents is 1. The number of aromatic hydroxyl groups is 1. The summed E-state index contributed by atoms with van der Waals surface area (Å²) in [6.45, 7) is 7.53. The van der Waals surface area contributed by atoms with E-state index in [1.54, 1.807) is 37.3 Å². The molecule has 2 aromatic carbocycles. The number of ketones is 2. The Labute approximate surface area is 232 Å². The fourth-order valence-electron chi connectivity index (χ4n) is 6.76. The van der Waals surface area contributed by atoms with Crippen LogP contribution in [0.15, 0.2) is 83.5 Å². The number of rotatable bonds is 5. The zero-order chi connectivity index (χ0) is 28.3. The van der Waals surface area contributed by atoms with Gasteiger partial charge < -0.3 is 9.84 Å². The van der Waals surface area contributed by atoms with Crippen molar-refractivity contribution in [2.24, 2.45) is 17.8 Å². The Balaban J connectivity index is 1.47. The fraction of sp³-hybridized carbons (Fsp3) is 0.273. The summed E-state index contributed by atoms with van der Waals surface area (Å²) in [5.41, 5.74) is 4.09. The van der Waals surface area contributed by atoms with Crippen molar-refractivity contribution >= 4 is 35.1 Å². The first kappa shape index (κ1) is 25.7. The largest absolute Gasteiger partial charge is 0.504 e. The maximum absolute atomic E-state index is 14.0. The lowest BCUT2D eigenvalue weighted by Crippen LogP contribution is -2.39. The molecule has 4 aliphatic rings. The van der Waals surface area contributed by atoms with E-state index in [0.29, 0.717) is 41.0 Å². The smallest absolute Gasteiger partial charge is 0.238 e. The van der Waals surface area contributed by atoms with Gasteiger partial charge in [0.15, 0.2) is 23.1 Å². The summed E-state index contributed by atoms with van der Waals surface area (Å²) < 4.78 is 5.62. The Hall–Kier alpha value is -4.52. The number of hydrogen-bond acceptors (Lipinski definition) is 6. The molecule has 2 aromatic rings. The first-order valence-electron chi connectivity index (χ1n) is 13.5. The highest BCUT2D eigenvalue weighted by Crippen LogP contribution is 2.55. The number of amides is 2. The molecule has 7 nitrogen and oxygen atoms in total. The molecule has 0 spiro atoms. The van der Waals surface area contributed by atoms with E-state index in [2.05, 4.69) is 6.58 Å². The molecule has 4 unspecified atom stereocenters. The van der Waals surface area contributed by atoms with Crippen LogP contribution in [0.3, 0.4) is 0 Å². The van der Waals surface area contributed by atoms with Gasteiger partial charge in [-0.25, -0.2) is 0 Å². The Morgan fingerprint density at radius 1 is 1.05 bits per heavy atom. The summed E-state index contributed by atoms with van der Waals surface area (Å²) in [6, 6.07) is 12.0. The van der Waals surface area contributed by atoms with Gasteiger partial charge in [0.2, 0.25) is 11.8 Å². The lowest BCUT2D eigenvalue weighted by atomic mass is 9.59. The molecule has 0 aromatic heterocycles. The summed E-state index contributed by atoms with van der Waals surface area (Å²) in [6.07, 6.45) is 5.62. The van der Waals surface area contributed by atoms with Crippen LogP contribution in [0.5, 0.6) is 11.5 Å². The summed E-state index contributed by atoms with van der Waals surface area (Å²) in [7, 11) is 0. The molecule has 4 atom stereocenters. The molecule has 7 heteroatoms. The van der Waals surface area contributed by atoms with E-state index in [9.17, 15) is 24.3 Å². The molecule has 40 heavy (non-hydrogen) atoms. The van der Waals surface area contributed by atoms with Crippen molar-refractivity contribution in [1.82, 2.24) is 0 Å². The maximum atomic E-state index is 14.0. The Bertz CT molecular complexity index is 1590. The van der Waals surface area contributed by atoms with Gasteiger partial charge in [0, 0.05) is 22.6 Å². The third-order valence-electron chi connectivity index (χ3n) is 8.57. The topological polar surface area (TPSA) is 101 Å². The summed E-state index contributed by atoms with van der Waals surface area (Å²) in [5, 5.41) is 10.3. The molecule has 2 amide bonds. The minimum absolute atomic E-state index is 0.0266. The van der Waals surface area contributed by atoms with E-state index in [1.165, 1.54) is 17.0 Å². The first-order valence-corrected chi connectivity index (χ1v) is 13.5. The van der Waals surface area contributed by atoms with Crippen molar-refractivity contribution in [3.8, 4) is 11.5 Å². The molecule has 1 aliphatic heterocycles. The number of phenols is 1. The van der Waals surface area contributed by atoms with Crippen molar-refractivity contribution in [2.75, 3.05) is 11.5 Å². The van der Waals surface area contributed by atoms with Gasteiger partial charge in [0.25, 0.3) is 0 Å². The average Bonchev–Trinajstić information content (AvgIpc) is 3.21. The minimum Gasteiger partial charge on any atom is -0.504 e. The SMILES string of the molecule is C=Cc1ccc(N2C(=O)C3CC=C4C(c5ccc(O)c(OCC)c5)C5=C(CC4C3C2=O)C(=O)C(C)=CC5=O)cc1. The van der Waals surface area contributed by atoms with Crippen molar-refractivity contribution < 1.29 is 29.0 Å². The second-order valence-corrected chi connectivity index (χ2v) is 10.7. The Kier molecular flexibility index (Phi) is 6.17. The highest BCUT2D eigenvalue weighted by atomic mass is 16.5. The Morgan fingerprint density at radius 2 is 1.80 bits per heavy atom. The number of carbonyl (C=O) groups is 4. The lowest BCUT2D eigenvalue weighted by Gasteiger charge is -2.42. The molecular weight excluding hydrogens is 506 g/mol. The number of imide groups is 1. The van der Waals surface area contributed by atoms with Crippen molar-refractivity contribution in [2.45, 2.75) is 32.6 Å². The van der Waals surface area contributed by atoms with Gasteiger partial charge in [-0.15, -0.1) is 0 Å². The third kappa shape index (κ3) is 3.79. The molecule has 6 rings (SSSR count). The van der Waals surface area contributed by atoms with Crippen LogP contribution in [0.4, 0.5) is 5.69 Å². The van der Waals surface area contributed by atoms with Gasteiger partial charge in [-0.1, -0.05) is 42.5 Å². The zero-order valence-electron chi connectivity index (χ0n) is 22.3. The van der Waals surface area contributed by atoms with E-state index in [4.69, 9.17) is 4.74 Å². The number of nitrogens with zero attached hydrogens (tertiary/aromatic N) is 1. The summed E-state index contributed by atoms with van der Waals surface area (Å²) in [4.78, 5) is 55.7. The van der Waals surface area contributed by atoms with Crippen LogP contribution in [0, 0.1) is 17.8 Å². The number of Topliss-reactive ketones (excluding diaryl/α,β-unsaturated/α-hetero) is 1. The van der Waals surface area contributed by atoms with Crippen molar-refractivity contribution in [3.63, 3.8) is 0 Å². The second kappa shape index (κ2) is 9.59. The normalized spacial score (nSPS) is 25.7. The molecule has 202 valence electrons. The molecule has 1 saturated heterocycles. The van der Waals surface area contributed by atoms with Gasteiger partial charge in [-0.2, -0.15) is 0 Å². The van der Waals surface area contributed by atoms with Crippen molar-refractivity contribution in [1.29, 1.82) is 0 Å². The first-order chi connectivity index (χ1) is 19.2. The predicted molar refractivity (Wildman–Crippen MR) is 150 cm³/mol. The standard InChI is InChI=1S/C33H29NO6/c1-4-18-6-9-20(10-7-18)34-32(38)22-12-11-21-23(29(22)33(34)39)16-24-30(26(36)14-17(3)31(24)37)28(21)19-8-13-25(35)27(15-19)40-5-2/h4,6-11,13-15,22-23,28-29,35H,1,5,12,16H2,2-3H3. The molecular formula is C33H29NO6. The van der Waals surface area contributed by atoms with E-state index in [0.717, 1.165) is 11.1 Å². The average molecular weight is 536 g/mol. The van der Waals surface area contributed by atoms with Gasteiger partial charge in [0.1, 0.15) is 0 Å². The van der Waals surface area contributed by atoms with Crippen LogP contribution < -0.4 is 9.64 Å². The van der Waals surface area contributed by atoms with Crippen LogP contribution in [0.1, 0.15) is 43.7 Å². The Morgan fingerprint density at radius 3 is 2.50 bits per heavy atom. The zero-order valence-corrected chi connectivity index (χ0v) is 22.3. The fourth-order valence-corrected chi connectivity index (χ4v) is 6.76. The predicted octanol–water partition coefficient (Wildman–Crippen LogP) is 5.07. The highest BCUT2D eigenvalue weighted by molar-refractivity contribution is 6.25. The summed E-state index contributed by atoms with van der Waals surface area (Å²) in [5.74, 6) is -2.96. The lowest BCUT2D eigenvalue weighted by molar-refractivity contribution is -0.123. The minimum atomic E-state index is -0.652. The van der Waals surface area contributed by atoms with E-state index < -0.39 is 23.7 Å². The number of benzene rings is 2. The van der Waals surface area contributed by atoms with Crippen molar-refractivity contribution in [3.05, 3.63) is 94.6 Å². The van der Waals surface area contributed by atoms with Gasteiger partial charge in [-0.05, 0) is 74.1 Å². The van der Waals surface area contributed by atoms with E-state index in [-0.39, 0.29) is 41.3 Å². The van der Waals surface area contributed by atoms with Crippen LogP contribution in [0.25, 0.3) is 6.08 Å². The molecule has 1 heterocycles. The molecule has 3 aliphatic carbocycles. The molecule has 0 bridgehead atoms. The number of carbonyl (C=O) groups excluding carboxylic acids is 4. The van der Waals surface area contributed by atoms with Crippen LogP contribution in [-0.4, -0.2) is 35.1 Å². The number of ether oxygens (including phenoxy) is 1. The molecule has 0 radical (unpaired) electrons. The van der Waals surface area contributed by atoms with Crippen LogP contribution in [-0.2, 0) is 19.2 Å². The number of anilines is 1. The molecule has 1 N–H and O–H groups in total. The molecule has 0 saturated carbocycles. The van der Waals surface area contributed by atoms with Crippen LogP contribution >= 0.6 is 0 Å². The molecule has 1 fully saturated rings. The number of hydrogen-bond donors (Lipinski definition) is 1. The quantitative estimate of drug-likeness (QED) is 0.326. The van der Waals surface area contributed by atoms with E-state index >= 15 is 0 Å². The maximum Gasteiger partial charge on any atom is 0.238 e. The summed E-state index contributed by atoms with van der Waals surface area (Å²) >= 11 is 0. The van der Waals surface area contributed by atoms with Gasteiger partial charge >= 0.3 is 0 Å². The second-order valence-electron chi connectivity index (χ2n) is 10.7. The number of allylic oxidation sites excluding steroid dienone is 6. The number of fused-ring (bicyclic) bond motifs is 3. The van der Waals surface area contributed by atoms with Crippen LogP contribution in [0.2, 0.25) is 0 Å². The monoisotopic (exact) mass is 535 g/mol. The highest BCUT2D eigenvalue weighted by Gasteiger charge is 2.56. The van der Waals surface area contributed by atoms with Gasteiger partial charge in [-0.3, -0.25) is 24.1 Å². The van der Waals surface area contributed by atoms with E-state index in [1.807, 2.05) is 25.1 Å².